The first kappa shape index (κ1) is 57.5. The molecular weight excluding hydrogens is 1200 g/mol. The number of hydrogen-bond donors (Lipinski definition) is 0. The van der Waals surface area contributed by atoms with Gasteiger partial charge in [0.1, 0.15) is 0 Å². The first-order valence-electron chi connectivity index (χ1n) is 29.7. The van der Waals surface area contributed by atoms with Gasteiger partial charge in [-0.2, -0.15) is 0 Å². The maximum atomic E-state index is 5.75. The van der Waals surface area contributed by atoms with Crippen LogP contribution in [0.1, 0.15) is 67.8 Å². The maximum absolute atomic E-state index is 5.75. The molecule has 0 aliphatic carbocycles. The quantitative estimate of drug-likeness (QED) is 0.145. The predicted octanol–water partition coefficient (Wildman–Crippen LogP) is 19.0. The number of fused-ring (bicyclic) bond motifs is 16. The summed E-state index contributed by atoms with van der Waals surface area (Å²) in [4.78, 5) is 45.2. The zero-order valence-electron chi connectivity index (χ0n) is 50.2. The average Bonchev–Trinajstić information content (AvgIpc) is 1.79. The molecule has 0 unspecified atom stereocenters. The van der Waals surface area contributed by atoms with E-state index in [1.54, 1.807) is 0 Å². The Labute approximate surface area is 547 Å². The molecule has 0 saturated carbocycles. The second kappa shape index (κ2) is 23.7. The van der Waals surface area contributed by atoms with Gasteiger partial charge in [-0.15, -0.1) is 44.1 Å². The van der Waals surface area contributed by atoms with Crippen molar-refractivity contribution in [3.8, 4) is 77.9 Å². The summed E-state index contributed by atoms with van der Waals surface area (Å²) in [6, 6.07) is 72.3. The van der Waals surface area contributed by atoms with Gasteiger partial charge in [0.05, 0.1) is 45.6 Å². The molecule has 4 aliphatic rings. The van der Waals surface area contributed by atoms with Gasteiger partial charge in [-0.05, 0) is 154 Å². The second-order valence-corrected chi connectivity index (χ2v) is 22.9. The van der Waals surface area contributed by atoms with Crippen molar-refractivity contribution in [1.29, 1.82) is 0 Å². The molecule has 10 heteroatoms. The number of hydrogen-bond acceptors (Lipinski definition) is 4. The molecule has 16 rings (SSSR count). The van der Waals surface area contributed by atoms with Crippen molar-refractivity contribution in [2.75, 3.05) is 0 Å². The summed E-state index contributed by atoms with van der Waals surface area (Å²) >= 11 is 0. The van der Waals surface area contributed by atoms with Crippen LogP contribution in [0.5, 0.6) is 0 Å². The summed E-state index contributed by atoms with van der Waals surface area (Å²) in [5.74, 6) is 0. The third-order valence-corrected chi connectivity index (χ3v) is 17.0. The fourth-order valence-corrected chi connectivity index (χ4v) is 12.6. The third-order valence-electron chi connectivity index (χ3n) is 17.0. The van der Waals surface area contributed by atoms with Gasteiger partial charge in [0.2, 0.25) is 0 Å². The average molecular weight is 1260 g/mol. The van der Waals surface area contributed by atoms with Crippen molar-refractivity contribution in [2.45, 2.75) is 27.7 Å². The van der Waals surface area contributed by atoms with Gasteiger partial charge in [0, 0.05) is 0 Å². The van der Waals surface area contributed by atoms with E-state index in [1.807, 2.05) is 12.1 Å². The van der Waals surface area contributed by atoms with Gasteiger partial charge in [-0.25, -0.2) is 19.9 Å². The largest absolute Gasteiger partial charge is 2.00 e. The molecule has 10 heterocycles. The summed E-state index contributed by atoms with van der Waals surface area (Å²) < 4.78 is 0. The molecule has 90 heavy (non-hydrogen) atoms. The van der Waals surface area contributed by atoms with Gasteiger partial charge in [0.25, 0.3) is 0 Å². The Morgan fingerprint density at radius 2 is 0.356 bits per heavy atom. The van der Waals surface area contributed by atoms with Crippen LogP contribution in [0.4, 0.5) is 0 Å². The molecule has 0 fully saturated rings. The van der Waals surface area contributed by atoms with Crippen LogP contribution in [-0.4, -0.2) is 19.9 Å². The molecule has 0 radical (unpaired) electrons. The summed E-state index contributed by atoms with van der Waals surface area (Å²) in [6.07, 6.45) is 16.9. The van der Waals surface area contributed by atoms with Gasteiger partial charge in [-0.1, -0.05) is 229 Å². The first-order chi connectivity index (χ1) is 43.2. The molecule has 6 aromatic heterocycles. The van der Waals surface area contributed by atoms with E-state index in [4.69, 9.17) is 39.9 Å². The maximum Gasteiger partial charge on any atom is 2.00 e. The summed E-state index contributed by atoms with van der Waals surface area (Å²) in [7, 11) is 0. The Morgan fingerprint density at radius 1 is 0.189 bits per heavy atom. The summed E-state index contributed by atoms with van der Waals surface area (Å²) in [5, 5.41) is 0. The Bertz CT molecular complexity index is 4890. The minimum atomic E-state index is 0. The van der Waals surface area contributed by atoms with E-state index < -0.39 is 0 Å². The zero-order chi connectivity index (χ0) is 59.0. The van der Waals surface area contributed by atoms with Crippen LogP contribution in [0.25, 0.3) is 171 Å². The van der Waals surface area contributed by atoms with Crippen molar-refractivity contribution in [3.63, 3.8) is 0 Å². The Balaban J connectivity index is 0.00000354. The van der Waals surface area contributed by atoms with Crippen molar-refractivity contribution >= 4 is 92.7 Å². The number of nitrogens with zero attached hydrogens (tertiary/aromatic N) is 8. The molecule has 12 aromatic rings. The van der Waals surface area contributed by atoms with Crippen LogP contribution in [-0.2, 0) is 39.0 Å². The van der Waals surface area contributed by atoms with Crippen LogP contribution in [0.3, 0.4) is 0 Å². The number of aryl methyl sites for hydroxylation is 4. The van der Waals surface area contributed by atoms with E-state index in [-0.39, 0.29) is 39.0 Å². The van der Waals surface area contributed by atoms with E-state index in [1.165, 1.54) is 0 Å². The van der Waals surface area contributed by atoms with Crippen molar-refractivity contribution in [2.24, 2.45) is 0 Å². The molecule has 0 N–H and O–H groups in total. The molecule has 16 bridgehead atoms. The number of rotatable bonds is 7. The van der Waals surface area contributed by atoms with Crippen LogP contribution in [0.2, 0.25) is 0 Å². The summed E-state index contributed by atoms with van der Waals surface area (Å²) in [5.41, 5.74) is 29.8. The van der Waals surface area contributed by atoms with E-state index in [0.717, 1.165) is 167 Å². The molecule has 418 valence electrons. The molecule has 0 amide bonds. The van der Waals surface area contributed by atoms with Gasteiger partial charge in [-0.3, -0.25) is 0 Å². The molecule has 0 saturated heterocycles. The molecule has 8 nitrogen and oxygen atoms in total. The Morgan fingerprint density at radius 3 is 0.556 bits per heavy atom. The topological polar surface area (TPSA) is 108 Å². The van der Waals surface area contributed by atoms with Crippen LogP contribution < -0.4 is 19.9 Å². The van der Waals surface area contributed by atoms with Gasteiger partial charge >= 0.3 is 39.0 Å². The SMILES string of the molecule is Cc1ccc(-c2c3nc(c(-c4c5nc(c(-c6ccc(C)cc6)c6ccc([n-]6)c(-c6ccccc6)c6nc(c(-c7ccc(C)cc7)c7ccc4[n-]7)C=C6)C=C5)c4ccc([n-]4)c(-c4ccc(C)cc4)c4nc(c(-c5ccccc5)c5ccc2[n-]5)C=C4)C=C3)cc1.[Zn+2].[Zn+2]. The Kier molecular flexibility index (Phi) is 15.1. The van der Waals surface area contributed by atoms with Crippen molar-refractivity contribution < 1.29 is 39.0 Å². The molecule has 4 aliphatic heterocycles. The third kappa shape index (κ3) is 10.4. The number of aromatic nitrogens is 8. The van der Waals surface area contributed by atoms with Crippen LogP contribution >= 0.6 is 0 Å². The van der Waals surface area contributed by atoms with E-state index in [0.29, 0.717) is 22.4 Å². The zero-order valence-corrected chi connectivity index (χ0v) is 56.2. The van der Waals surface area contributed by atoms with Crippen LogP contribution in [0, 0.1) is 27.7 Å². The van der Waals surface area contributed by atoms with Gasteiger partial charge < -0.3 is 19.9 Å². The first-order valence-corrected chi connectivity index (χ1v) is 29.7. The fraction of sp³-hybridized carbons (Fsp3) is 0.0500. The van der Waals surface area contributed by atoms with Crippen LogP contribution in [0.15, 0.2) is 206 Å². The monoisotopic (exact) mass is 1250 g/mol. The van der Waals surface area contributed by atoms with E-state index >= 15 is 0 Å². The number of benzene rings is 6. The van der Waals surface area contributed by atoms with Gasteiger partial charge in [0.15, 0.2) is 0 Å². The molecular formula is C80H54N8Zn2. The van der Waals surface area contributed by atoms with Crippen molar-refractivity contribution in [1.82, 2.24) is 39.9 Å². The molecule has 0 atom stereocenters. The molecule has 0 spiro atoms. The normalized spacial score (nSPS) is 12.1. The fourth-order valence-electron chi connectivity index (χ4n) is 12.6. The Hall–Kier alpha value is -10.2. The second-order valence-electron chi connectivity index (χ2n) is 22.9. The van der Waals surface area contributed by atoms with E-state index in [2.05, 4.69) is 270 Å². The molecule has 6 aromatic carbocycles. The van der Waals surface area contributed by atoms with E-state index in [9.17, 15) is 0 Å². The van der Waals surface area contributed by atoms with Crippen molar-refractivity contribution in [3.05, 3.63) is 274 Å². The minimum Gasteiger partial charge on any atom is -0.657 e. The summed E-state index contributed by atoms with van der Waals surface area (Å²) in [6.45, 7) is 8.45. The predicted molar refractivity (Wildman–Crippen MR) is 364 cm³/mol. The minimum absolute atomic E-state index is 0. The smallest absolute Gasteiger partial charge is 0.657 e. The standard InChI is InChI=1S/C80H54N8.2Zn/c1-47-15-23-53(24-16-47)75-61-35-31-57(81-61)73(51-11-7-5-8-12-51)58-32-36-62(82-58)76(54-25-17-48(2)18-26-54)66-40-44-70(86-66)79(69-43-39-65(75)85-69)80-71-45-41-67(87-71)77(55-27-19-49(3)20-28-55)63-37-33-59(83-63)74(52-13-9-6-10-14-52)60-34-38-64(84-60)78(68-42-46-72(80)88-68)56-29-21-50(4)22-30-56;;/h5-46H,1-4H3;;/q-4;2*+2.